The van der Waals surface area contributed by atoms with Gasteiger partial charge < -0.3 is 9.90 Å². The number of amides is 1. The van der Waals surface area contributed by atoms with E-state index in [0.29, 0.717) is 17.7 Å². The average molecular weight is 321 g/mol. The van der Waals surface area contributed by atoms with Gasteiger partial charge in [0.25, 0.3) is 5.91 Å². The zero-order chi connectivity index (χ0) is 15.4. The first-order valence-electron chi connectivity index (χ1n) is 6.42. The minimum Gasteiger partial charge on any atom is -0.548 e. The lowest BCUT2D eigenvalue weighted by Gasteiger charge is -2.27. The standard InChI is InChI=1S/C14H14N2O3S2/c1-2-4-10(13(18)19)16-12(17)11(21-14(16)20)7-9-5-3-6-15-8-9/h3,5-8,10H,2,4H2,1H3,(H,18,19)/p-1/b11-7-/t10-/m1/s1. The quantitative estimate of drug-likeness (QED) is 0.599. The number of thioether (sulfide) groups is 1. The number of carboxylic acids is 1. The first-order valence-corrected chi connectivity index (χ1v) is 7.65. The van der Waals surface area contributed by atoms with Crippen LogP contribution in [0.5, 0.6) is 0 Å². The van der Waals surface area contributed by atoms with Crippen molar-refractivity contribution in [3.05, 3.63) is 35.0 Å². The number of aromatic nitrogens is 1. The first-order chi connectivity index (χ1) is 10.0. The number of rotatable bonds is 5. The number of pyridine rings is 1. The molecule has 0 unspecified atom stereocenters. The van der Waals surface area contributed by atoms with Crippen LogP contribution in [0, 0.1) is 0 Å². The molecule has 0 radical (unpaired) electrons. The summed E-state index contributed by atoms with van der Waals surface area (Å²) in [4.78, 5) is 29.1. The molecule has 110 valence electrons. The molecule has 1 aromatic heterocycles. The molecule has 1 aliphatic heterocycles. The van der Waals surface area contributed by atoms with E-state index in [2.05, 4.69) is 4.98 Å². The number of hydrogen-bond acceptors (Lipinski definition) is 6. The molecule has 0 aliphatic carbocycles. The monoisotopic (exact) mass is 321 g/mol. The van der Waals surface area contributed by atoms with E-state index in [9.17, 15) is 14.7 Å². The summed E-state index contributed by atoms with van der Waals surface area (Å²) >= 11 is 6.24. The molecule has 0 N–H and O–H groups in total. The fourth-order valence-corrected chi connectivity index (χ4v) is 3.34. The summed E-state index contributed by atoms with van der Waals surface area (Å²) in [5, 5.41) is 11.2. The van der Waals surface area contributed by atoms with E-state index in [1.54, 1.807) is 24.5 Å². The van der Waals surface area contributed by atoms with Gasteiger partial charge in [0.15, 0.2) is 0 Å². The SMILES string of the molecule is CCC[C@H](C(=O)[O-])N1C(=O)/C(=C/c2cccnc2)SC1=S. The van der Waals surface area contributed by atoms with E-state index in [1.807, 2.05) is 13.0 Å². The van der Waals surface area contributed by atoms with Gasteiger partial charge >= 0.3 is 0 Å². The van der Waals surface area contributed by atoms with Gasteiger partial charge in [0.1, 0.15) is 4.32 Å². The summed E-state index contributed by atoms with van der Waals surface area (Å²) in [7, 11) is 0. The van der Waals surface area contributed by atoms with Crippen molar-refractivity contribution in [1.29, 1.82) is 0 Å². The second kappa shape index (κ2) is 6.82. The molecular formula is C14H13N2O3S2-. The molecule has 1 atom stereocenters. The van der Waals surface area contributed by atoms with Gasteiger partial charge in [-0.3, -0.25) is 14.7 Å². The molecule has 0 spiro atoms. The smallest absolute Gasteiger partial charge is 0.266 e. The summed E-state index contributed by atoms with van der Waals surface area (Å²) < 4.78 is 0.248. The minimum atomic E-state index is -1.28. The molecule has 1 aliphatic rings. The number of carbonyl (C=O) groups excluding carboxylic acids is 2. The highest BCUT2D eigenvalue weighted by Gasteiger charge is 2.37. The first kappa shape index (κ1) is 15.7. The molecular weight excluding hydrogens is 308 g/mol. The maximum absolute atomic E-state index is 12.4. The van der Waals surface area contributed by atoms with Crippen LogP contribution in [0.25, 0.3) is 6.08 Å². The number of nitrogens with zero attached hydrogens (tertiary/aromatic N) is 2. The lowest BCUT2D eigenvalue weighted by atomic mass is 10.1. The maximum Gasteiger partial charge on any atom is 0.266 e. The van der Waals surface area contributed by atoms with E-state index in [4.69, 9.17) is 12.2 Å². The van der Waals surface area contributed by atoms with Crippen LogP contribution in [-0.4, -0.2) is 32.1 Å². The van der Waals surface area contributed by atoms with Crippen molar-refractivity contribution in [2.45, 2.75) is 25.8 Å². The van der Waals surface area contributed by atoms with Crippen molar-refractivity contribution < 1.29 is 14.7 Å². The maximum atomic E-state index is 12.4. The zero-order valence-electron chi connectivity index (χ0n) is 11.3. The predicted molar refractivity (Wildman–Crippen MR) is 83.0 cm³/mol. The molecule has 0 bridgehead atoms. The van der Waals surface area contributed by atoms with Gasteiger partial charge in [0.05, 0.1) is 16.9 Å². The van der Waals surface area contributed by atoms with Crippen LogP contribution >= 0.6 is 24.0 Å². The molecule has 7 heteroatoms. The Morgan fingerprint density at radius 2 is 2.38 bits per heavy atom. The Labute approximate surface area is 132 Å². The van der Waals surface area contributed by atoms with E-state index in [0.717, 1.165) is 22.2 Å². The van der Waals surface area contributed by atoms with Crippen LogP contribution in [0.1, 0.15) is 25.3 Å². The number of carboxylic acid groups (broad SMARTS) is 1. The van der Waals surface area contributed by atoms with Crippen LogP contribution in [0.2, 0.25) is 0 Å². The Kier molecular flexibility index (Phi) is 5.08. The molecule has 2 heterocycles. The van der Waals surface area contributed by atoms with Crippen molar-refractivity contribution in [3.63, 3.8) is 0 Å². The molecule has 1 saturated heterocycles. The van der Waals surface area contributed by atoms with Crippen molar-refractivity contribution in [2.75, 3.05) is 0 Å². The number of carbonyl (C=O) groups is 2. The van der Waals surface area contributed by atoms with Crippen LogP contribution in [0.3, 0.4) is 0 Å². The highest BCUT2D eigenvalue weighted by atomic mass is 32.2. The molecule has 2 rings (SSSR count). The Hall–Kier alpha value is -1.73. The highest BCUT2D eigenvalue weighted by Crippen LogP contribution is 2.34. The summed E-state index contributed by atoms with van der Waals surface area (Å²) in [6.07, 6.45) is 5.85. The van der Waals surface area contributed by atoms with E-state index in [-0.39, 0.29) is 4.32 Å². The Balaban J connectivity index is 2.28. The normalized spacial score (nSPS) is 18.3. The third-order valence-corrected chi connectivity index (χ3v) is 4.28. The minimum absolute atomic E-state index is 0.248. The Morgan fingerprint density at radius 3 is 2.95 bits per heavy atom. The van der Waals surface area contributed by atoms with E-state index < -0.39 is 17.9 Å². The van der Waals surface area contributed by atoms with Gasteiger partial charge in [-0.15, -0.1) is 0 Å². The zero-order valence-corrected chi connectivity index (χ0v) is 12.9. The Bertz CT molecular complexity index is 601. The van der Waals surface area contributed by atoms with E-state index >= 15 is 0 Å². The van der Waals surface area contributed by atoms with Crippen LogP contribution in [0.4, 0.5) is 0 Å². The van der Waals surface area contributed by atoms with Crippen molar-refractivity contribution in [1.82, 2.24) is 9.88 Å². The van der Waals surface area contributed by atoms with Crippen LogP contribution in [0.15, 0.2) is 29.4 Å². The predicted octanol–water partition coefficient (Wildman–Crippen LogP) is 1.20. The molecule has 1 amide bonds. The third kappa shape index (κ3) is 3.48. The van der Waals surface area contributed by atoms with Gasteiger partial charge in [-0.05, 0) is 24.1 Å². The Morgan fingerprint density at radius 1 is 1.62 bits per heavy atom. The molecule has 0 aromatic carbocycles. The molecule has 0 saturated carbocycles. The molecule has 21 heavy (non-hydrogen) atoms. The average Bonchev–Trinajstić information content (AvgIpc) is 2.72. The summed E-state index contributed by atoms with van der Waals surface area (Å²) in [6.45, 7) is 1.85. The molecule has 5 nitrogen and oxygen atoms in total. The fraction of sp³-hybridized carbons (Fsp3) is 0.286. The lowest BCUT2D eigenvalue weighted by molar-refractivity contribution is -0.310. The second-order valence-corrected chi connectivity index (χ2v) is 6.14. The number of aliphatic carboxylic acids is 1. The molecule has 1 fully saturated rings. The lowest BCUT2D eigenvalue weighted by Crippen LogP contribution is -2.49. The van der Waals surface area contributed by atoms with Gasteiger partial charge in [0.2, 0.25) is 0 Å². The summed E-state index contributed by atoms with van der Waals surface area (Å²) in [5.41, 5.74) is 0.762. The summed E-state index contributed by atoms with van der Waals surface area (Å²) in [6, 6.07) is 2.55. The second-order valence-electron chi connectivity index (χ2n) is 4.46. The topological polar surface area (TPSA) is 73.3 Å². The van der Waals surface area contributed by atoms with Crippen molar-refractivity contribution in [2.24, 2.45) is 0 Å². The van der Waals surface area contributed by atoms with Crippen molar-refractivity contribution in [3.8, 4) is 0 Å². The number of hydrogen-bond donors (Lipinski definition) is 0. The third-order valence-electron chi connectivity index (χ3n) is 2.95. The largest absolute Gasteiger partial charge is 0.548 e. The van der Waals surface area contributed by atoms with Gasteiger partial charge in [-0.1, -0.05) is 43.4 Å². The fourth-order valence-electron chi connectivity index (χ4n) is 1.99. The van der Waals surface area contributed by atoms with Gasteiger partial charge in [-0.25, -0.2) is 0 Å². The summed E-state index contributed by atoms with van der Waals surface area (Å²) in [5.74, 6) is -1.67. The number of thiocarbonyl (C=S) groups is 1. The highest BCUT2D eigenvalue weighted by molar-refractivity contribution is 8.26. The molecule has 1 aromatic rings. The van der Waals surface area contributed by atoms with Gasteiger partial charge in [-0.2, -0.15) is 0 Å². The van der Waals surface area contributed by atoms with Crippen molar-refractivity contribution >= 4 is 46.3 Å². The van der Waals surface area contributed by atoms with Crippen LogP contribution < -0.4 is 5.11 Å². The van der Waals surface area contributed by atoms with Crippen LogP contribution in [-0.2, 0) is 9.59 Å². The van der Waals surface area contributed by atoms with E-state index in [1.165, 1.54) is 0 Å². The van der Waals surface area contributed by atoms with Gasteiger partial charge in [0, 0.05) is 12.4 Å².